The first-order valence-electron chi connectivity index (χ1n) is 14.7. The number of carbonyl (C=O) groups is 2. The number of rotatable bonds is 6. The molecule has 0 spiro atoms. The highest BCUT2D eigenvalue weighted by molar-refractivity contribution is 6.14. The fraction of sp³-hybridized carbons (Fsp3) is 0.484. The van der Waals surface area contributed by atoms with Gasteiger partial charge in [-0.25, -0.2) is 4.79 Å². The molecule has 3 N–H and O–H groups in total. The zero-order valence-electron chi connectivity index (χ0n) is 25.1. The van der Waals surface area contributed by atoms with Crippen LogP contribution < -0.4 is 16.0 Å². The number of nitrogens with zero attached hydrogens (tertiary/aromatic N) is 6. The summed E-state index contributed by atoms with van der Waals surface area (Å²) in [6.45, 7) is 7.68. The molecular formula is C31H40N8O3. The maximum Gasteiger partial charge on any atom is 0.410 e. The van der Waals surface area contributed by atoms with Gasteiger partial charge in [0, 0.05) is 80.4 Å². The first-order chi connectivity index (χ1) is 20.0. The van der Waals surface area contributed by atoms with Crippen LogP contribution in [0.3, 0.4) is 0 Å². The molecule has 11 heteroatoms. The third-order valence-corrected chi connectivity index (χ3v) is 8.04. The van der Waals surface area contributed by atoms with Crippen LogP contribution in [-0.4, -0.2) is 67.2 Å². The van der Waals surface area contributed by atoms with Crippen molar-refractivity contribution in [1.82, 2.24) is 24.5 Å². The van der Waals surface area contributed by atoms with Crippen LogP contribution in [0.15, 0.2) is 36.7 Å². The number of nitrogens with one attached hydrogen (secondary N) is 1. The van der Waals surface area contributed by atoms with Crippen molar-refractivity contribution in [1.29, 1.82) is 0 Å². The van der Waals surface area contributed by atoms with E-state index in [1.807, 2.05) is 76.4 Å². The highest BCUT2D eigenvalue weighted by Gasteiger charge is 2.41. The highest BCUT2D eigenvalue weighted by Crippen LogP contribution is 2.36. The lowest BCUT2D eigenvalue weighted by atomic mass is 10.0. The average molecular weight is 573 g/mol. The van der Waals surface area contributed by atoms with Gasteiger partial charge in [-0.1, -0.05) is 0 Å². The number of piperidine rings is 1. The van der Waals surface area contributed by atoms with E-state index in [1.54, 1.807) is 9.36 Å². The van der Waals surface area contributed by atoms with Crippen LogP contribution in [0.1, 0.15) is 62.4 Å². The van der Waals surface area contributed by atoms with Gasteiger partial charge in [0.15, 0.2) is 0 Å². The van der Waals surface area contributed by atoms with Crippen LogP contribution in [0.4, 0.5) is 16.2 Å². The number of carbonyl (C=O) groups excluding carboxylic acids is 2. The third kappa shape index (κ3) is 5.53. The Morgan fingerprint density at radius 3 is 2.33 bits per heavy atom. The summed E-state index contributed by atoms with van der Waals surface area (Å²) in [6.07, 6.45) is 7.50. The van der Waals surface area contributed by atoms with Gasteiger partial charge in [0.25, 0.3) is 5.91 Å². The molecular weight excluding hydrogens is 532 g/mol. The van der Waals surface area contributed by atoms with Gasteiger partial charge in [0.2, 0.25) is 0 Å². The Bertz CT molecular complexity index is 1650. The Labute approximate surface area is 245 Å². The van der Waals surface area contributed by atoms with Crippen molar-refractivity contribution >= 4 is 45.2 Å². The summed E-state index contributed by atoms with van der Waals surface area (Å²) >= 11 is 0. The molecule has 1 saturated heterocycles. The number of amides is 2. The van der Waals surface area contributed by atoms with Gasteiger partial charge in [-0.15, -0.1) is 0 Å². The van der Waals surface area contributed by atoms with Gasteiger partial charge in [0.1, 0.15) is 11.1 Å². The molecule has 222 valence electrons. The van der Waals surface area contributed by atoms with Crippen molar-refractivity contribution in [2.45, 2.75) is 70.7 Å². The lowest BCUT2D eigenvalue weighted by Gasteiger charge is -2.40. The lowest BCUT2D eigenvalue weighted by Crippen LogP contribution is -2.50. The molecule has 3 heterocycles. The number of benzene rings is 2. The Balaban J connectivity index is 1.21. The minimum Gasteiger partial charge on any atom is -0.444 e. The lowest BCUT2D eigenvalue weighted by molar-refractivity contribution is 0.0114. The van der Waals surface area contributed by atoms with Crippen molar-refractivity contribution < 1.29 is 14.3 Å². The summed E-state index contributed by atoms with van der Waals surface area (Å²) in [4.78, 5) is 30.9. The number of anilines is 2. The second-order valence-electron chi connectivity index (χ2n) is 12.6. The molecule has 2 aliphatic rings. The third-order valence-electron chi connectivity index (χ3n) is 8.04. The van der Waals surface area contributed by atoms with Crippen LogP contribution in [0.5, 0.6) is 0 Å². The average Bonchev–Trinajstić information content (AvgIpc) is 3.55. The quantitative estimate of drug-likeness (QED) is 0.348. The molecule has 1 saturated carbocycles. The molecule has 4 aromatic rings. The standard InChI is InChI=1S/C31H40N8O3/c1-31(2,3)42-30(41)39(22-6-7-22)23-10-12-38(13-11-23)26-9-8-24(28-25(26)18-37(5)35-28)29(40)33-21-14-19(16-32)27-20(15-21)17-36(4)34-27/h8-9,14-15,17-18,22-23H,6-7,10-13,16,32H2,1-5H3,(H,33,40). The highest BCUT2D eigenvalue weighted by atomic mass is 16.6. The largest absolute Gasteiger partial charge is 0.444 e. The van der Waals surface area contributed by atoms with Gasteiger partial charge in [-0.3, -0.25) is 14.2 Å². The van der Waals surface area contributed by atoms with Crippen LogP contribution in [0, 0.1) is 0 Å². The van der Waals surface area contributed by atoms with Gasteiger partial charge < -0.3 is 25.6 Å². The summed E-state index contributed by atoms with van der Waals surface area (Å²) in [6, 6.07) is 8.11. The van der Waals surface area contributed by atoms with Crippen molar-refractivity contribution in [3.05, 3.63) is 47.8 Å². The van der Waals surface area contributed by atoms with Gasteiger partial charge in [-0.05, 0) is 76.3 Å². The monoisotopic (exact) mass is 572 g/mol. The van der Waals surface area contributed by atoms with Crippen LogP contribution in [0.2, 0.25) is 0 Å². The fourth-order valence-corrected chi connectivity index (χ4v) is 6.07. The fourth-order valence-electron chi connectivity index (χ4n) is 6.07. The summed E-state index contributed by atoms with van der Waals surface area (Å²) in [5.74, 6) is -0.229. The number of fused-ring (bicyclic) bond motifs is 2. The molecule has 2 aromatic carbocycles. The van der Waals surface area contributed by atoms with E-state index < -0.39 is 5.60 Å². The molecule has 0 atom stereocenters. The maximum absolute atomic E-state index is 13.5. The van der Waals surface area contributed by atoms with Crippen LogP contribution in [0.25, 0.3) is 21.8 Å². The van der Waals surface area contributed by atoms with E-state index in [1.165, 1.54) is 0 Å². The molecule has 1 aliphatic carbocycles. The topological polar surface area (TPSA) is 124 Å². The Morgan fingerprint density at radius 2 is 1.67 bits per heavy atom. The first kappa shape index (κ1) is 28.0. The number of hydrogen-bond acceptors (Lipinski definition) is 7. The van der Waals surface area contributed by atoms with E-state index in [-0.39, 0.29) is 18.0 Å². The predicted molar refractivity (Wildman–Crippen MR) is 164 cm³/mol. The zero-order chi connectivity index (χ0) is 29.8. The zero-order valence-corrected chi connectivity index (χ0v) is 25.1. The number of ether oxygens (including phenoxy) is 1. The van der Waals surface area contributed by atoms with Crippen molar-refractivity contribution in [2.75, 3.05) is 23.3 Å². The van der Waals surface area contributed by atoms with E-state index in [0.717, 1.165) is 66.3 Å². The van der Waals surface area contributed by atoms with E-state index in [9.17, 15) is 9.59 Å². The molecule has 42 heavy (non-hydrogen) atoms. The molecule has 0 bridgehead atoms. The molecule has 2 aromatic heterocycles. The molecule has 2 amide bonds. The number of aromatic nitrogens is 4. The van der Waals surface area contributed by atoms with Crippen molar-refractivity contribution in [2.24, 2.45) is 19.8 Å². The second-order valence-corrected chi connectivity index (χ2v) is 12.6. The predicted octanol–water partition coefficient (Wildman–Crippen LogP) is 4.54. The van der Waals surface area contributed by atoms with E-state index in [2.05, 4.69) is 20.4 Å². The summed E-state index contributed by atoms with van der Waals surface area (Å²) in [5.41, 5.74) is 10.1. The number of aryl methyl sites for hydroxylation is 2. The maximum atomic E-state index is 13.5. The van der Waals surface area contributed by atoms with Crippen LogP contribution in [-0.2, 0) is 25.4 Å². The molecule has 0 radical (unpaired) electrons. The summed E-state index contributed by atoms with van der Waals surface area (Å²) < 4.78 is 9.25. The van der Waals surface area contributed by atoms with E-state index in [4.69, 9.17) is 10.5 Å². The first-order valence-corrected chi connectivity index (χ1v) is 14.7. The van der Waals surface area contributed by atoms with E-state index >= 15 is 0 Å². The molecule has 11 nitrogen and oxygen atoms in total. The normalized spacial score (nSPS) is 16.3. The Kier molecular flexibility index (Phi) is 7.08. The molecule has 6 rings (SSSR count). The minimum absolute atomic E-state index is 0.161. The molecule has 0 unspecified atom stereocenters. The number of nitrogens with two attached hydrogens (primary N) is 1. The number of hydrogen-bond donors (Lipinski definition) is 2. The van der Waals surface area contributed by atoms with Crippen molar-refractivity contribution in [3.8, 4) is 0 Å². The van der Waals surface area contributed by atoms with Crippen molar-refractivity contribution in [3.63, 3.8) is 0 Å². The van der Waals surface area contributed by atoms with Gasteiger partial charge in [-0.2, -0.15) is 10.2 Å². The Hall–Kier alpha value is -4.12. The minimum atomic E-state index is -0.511. The molecule has 1 aliphatic heterocycles. The summed E-state index contributed by atoms with van der Waals surface area (Å²) in [7, 11) is 3.74. The second kappa shape index (κ2) is 10.6. The molecule has 2 fully saturated rings. The smallest absolute Gasteiger partial charge is 0.410 e. The van der Waals surface area contributed by atoms with Crippen LogP contribution >= 0.6 is 0 Å². The van der Waals surface area contributed by atoms with E-state index in [0.29, 0.717) is 29.4 Å². The SMILES string of the molecule is Cn1cc2cc(NC(=O)c3ccc(N4CCC(N(C(=O)OC(C)(C)C)C5CC5)CC4)c4cn(C)nc34)cc(CN)c2n1. The van der Waals surface area contributed by atoms with Gasteiger partial charge in [0.05, 0.1) is 11.1 Å². The summed E-state index contributed by atoms with van der Waals surface area (Å²) in [5, 5.41) is 14.1. The van der Waals surface area contributed by atoms with Gasteiger partial charge >= 0.3 is 6.09 Å². The Morgan fingerprint density at radius 1 is 1.00 bits per heavy atom.